The van der Waals surface area contributed by atoms with Gasteiger partial charge in [-0.1, -0.05) is 13.0 Å². The van der Waals surface area contributed by atoms with E-state index in [9.17, 15) is 5.11 Å². The van der Waals surface area contributed by atoms with Gasteiger partial charge >= 0.3 is 0 Å². The summed E-state index contributed by atoms with van der Waals surface area (Å²) in [6, 6.07) is 6.06. The van der Waals surface area contributed by atoms with Crippen LogP contribution in [-0.2, 0) is 6.54 Å². The van der Waals surface area contributed by atoms with Gasteiger partial charge < -0.3 is 19.7 Å². The highest BCUT2D eigenvalue weighted by molar-refractivity contribution is 5.56. The predicted octanol–water partition coefficient (Wildman–Crippen LogP) is 1.40. The maximum Gasteiger partial charge on any atom is 0.152 e. The molecular weight excluding hydrogens is 252 g/mol. The minimum Gasteiger partial charge on any atom is -0.391 e. The van der Waals surface area contributed by atoms with Crippen LogP contribution in [0.25, 0.3) is 5.65 Å². The second-order valence-corrected chi connectivity index (χ2v) is 5.33. The highest BCUT2D eigenvalue weighted by Gasteiger charge is 2.23. The maximum absolute atomic E-state index is 9.89. The van der Waals surface area contributed by atoms with Gasteiger partial charge in [0.15, 0.2) is 5.82 Å². The van der Waals surface area contributed by atoms with Gasteiger partial charge in [-0.2, -0.15) is 0 Å². The lowest BCUT2D eigenvalue weighted by Gasteiger charge is -2.31. The fourth-order valence-corrected chi connectivity index (χ4v) is 2.84. The van der Waals surface area contributed by atoms with Crippen LogP contribution in [-0.4, -0.2) is 40.2 Å². The first-order valence-corrected chi connectivity index (χ1v) is 7.39. The van der Waals surface area contributed by atoms with Crippen molar-refractivity contribution in [2.24, 2.45) is 0 Å². The van der Waals surface area contributed by atoms with E-state index in [0.717, 1.165) is 43.9 Å². The van der Waals surface area contributed by atoms with Gasteiger partial charge in [-0.3, -0.25) is 0 Å². The molecule has 108 valence electrons. The van der Waals surface area contributed by atoms with Crippen LogP contribution >= 0.6 is 0 Å². The molecule has 2 aromatic rings. The van der Waals surface area contributed by atoms with E-state index in [0.29, 0.717) is 6.54 Å². The van der Waals surface area contributed by atoms with Crippen LogP contribution in [0.3, 0.4) is 0 Å². The smallest absolute Gasteiger partial charge is 0.152 e. The average molecular weight is 274 g/mol. The van der Waals surface area contributed by atoms with E-state index in [1.165, 1.54) is 5.69 Å². The zero-order valence-corrected chi connectivity index (χ0v) is 11.9. The van der Waals surface area contributed by atoms with Crippen molar-refractivity contribution in [3.8, 4) is 0 Å². The Labute approximate surface area is 119 Å². The maximum atomic E-state index is 9.89. The number of rotatable bonds is 4. The summed E-state index contributed by atoms with van der Waals surface area (Å²) in [5.41, 5.74) is 2.15. The van der Waals surface area contributed by atoms with E-state index < -0.39 is 0 Å². The number of piperidine rings is 1. The summed E-state index contributed by atoms with van der Waals surface area (Å²) < 4.78 is 2.14. The largest absolute Gasteiger partial charge is 0.391 e. The number of anilines is 1. The zero-order valence-electron chi connectivity index (χ0n) is 11.9. The summed E-state index contributed by atoms with van der Waals surface area (Å²) in [4.78, 5) is 6.98. The lowest BCUT2D eigenvalue weighted by atomic mass is 10.1. The molecule has 3 rings (SSSR count). The second kappa shape index (κ2) is 5.81. The highest BCUT2D eigenvalue weighted by atomic mass is 16.3. The first-order chi connectivity index (χ1) is 9.79. The Hall–Kier alpha value is -1.59. The number of hydrogen-bond acceptors (Lipinski definition) is 4. The van der Waals surface area contributed by atoms with E-state index in [1.54, 1.807) is 0 Å². The highest BCUT2D eigenvalue weighted by Crippen LogP contribution is 2.25. The molecule has 0 aliphatic carbocycles. The van der Waals surface area contributed by atoms with Gasteiger partial charge in [0.25, 0.3) is 0 Å². The number of aliphatic hydroxyl groups excluding tert-OH is 1. The Bertz CT molecular complexity index is 580. The molecule has 2 aromatic heterocycles. The molecule has 20 heavy (non-hydrogen) atoms. The summed E-state index contributed by atoms with van der Waals surface area (Å²) in [5.74, 6) is 1.01. The molecule has 1 atom stereocenters. The number of aliphatic hydroxyl groups is 1. The third-order valence-electron chi connectivity index (χ3n) is 3.85. The normalized spacial score (nSPS) is 19.7. The van der Waals surface area contributed by atoms with E-state index in [1.807, 2.05) is 18.2 Å². The lowest BCUT2D eigenvalue weighted by Crippen LogP contribution is -2.39. The topological polar surface area (TPSA) is 52.8 Å². The number of hydrogen-bond donors (Lipinski definition) is 2. The van der Waals surface area contributed by atoms with E-state index in [4.69, 9.17) is 4.98 Å². The van der Waals surface area contributed by atoms with Crippen LogP contribution in [0.15, 0.2) is 24.4 Å². The van der Waals surface area contributed by atoms with Gasteiger partial charge in [-0.05, 0) is 31.5 Å². The van der Waals surface area contributed by atoms with Crippen molar-refractivity contribution in [3.05, 3.63) is 30.1 Å². The molecule has 5 nitrogen and oxygen atoms in total. The van der Waals surface area contributed by atoms with Crippen LogP contribution in [0.2, 0.25) is 0 Å². The fraction of sp³-hybridized carbons (Fsp3) is 0.533. The molecule has 0 saturated carbocycles. The van der Waals surface area contributed by atoms with Gasteiger partial charge in [-0.15, -0.1) is 0 Å². The number of β-amino-alcohol motifs (C(OH)–C–C–N with tert-alkyl or cyclic N) is 1. The minimum atomic E-state index is -0.236. The Morgan fingerprint density at radius 3 is 3.15 bits per heavy atom. The van der Waals surface area contributed by atoms with Crippen molar-refractivity contribution >= 4 is 11.5 Å². The Balaban J connectivity index is 1.99. The van der Waals surface area contributed by atoms with Crippen LogP contribution < -0.4 is 10.2 Å². The quantitative estimate of drug-likeness (QED) is 0.885. The standard InChI is InChI=1S/C15H22N4O/c1-2-16-10-13-15(18-8-5-6-12(20)11-18)17-14-7-3-4-9-19(13)14/h3-4,7,9,12,16,20H,2,5-6,8,10-11H2,1H3. The van der Waals surface area contributed by atoms with Crippen LogP contribution in [0.4, 0.5) is 5.82 Å². The average Bonchev–Trinajstić information content (AvgIpc) is 2.84. The molecule has 3 heterocycles. The Morgan fingerprint density at radius 1 is 1.45 bits per heavy atom. The summed E-state index contributed by atoms with van der Waals surface area (Å²) in [6.45, 7) is 5.49. The number of fused-ring (bicyclic) bond motifs is 1. The SMILES string of the molecule is CCNCc1c(N2CCCC(O)C2)nc2ccccn12. The molecule has 5 heteroatoms. The number of nitrogens with one attached hydrogen (secondary N) is 1. The fourth-order valence-electron chi connectivity index (χ4n) is 2.84. The number of pyridine rings is 1. The number of imidazole rings is 1. The van der Waals surface area contributed by atoms with Crippen molar-refractivity contribution in [1.29, 1.82) is 0 Å². The number of nitrogens with zero attached hydrogens (tertiary/aromatic N) is 3. The molecule has 0 spiro atoms. The van der Waals surface area contributed by atoms with E-state index >= 15 is 0 Å². The molecule has 0 aromatic carbocycles. The Kier molecular flexibility index (Phi) is 3.89. The molecule has 1 unspecified atom stereocenters. The third kappa shape index (κ3) is 2.51. The minimum absolute atomic E-state index is 0.236. The van der Waals surface area contributed by atoms with Crippen molar-refractivity contribution in [3.63, 3.8) is 0 Å². The lowest BCUT2D eigenvalue weighted by molar-refractivity contribution is 0.154. The molecule has 1 saturated heterocycles. The van der Waals surface area contributed by atoms with Gasteiger partial charge in [0.2, 0.25) is 0 Å². The summed E-state index contributed by atoms with van der Waals surface area (Å²) in [5, 5.41) is 13.3. The monoisotopic (exact) mass is 274 g/mol. The molecule has 0 bridgehead atoms. The first-order valence-electron chi connectivity index (χ1n) is 7.39. The third-order valence-corrected chi connectivity index (χ3v) is 3.85. The zero-order chi connectivity index (χ0) is 13.9. The van der Waals surface area contributed by atoms with E-state index in [2.05, 4.69) is 27.7 Å². The molecule has 2 N–H and O–H groups in total. The molecule has 0 amide bonds. The van der Waals surface area contributed by atoms with Crippen LogP contribution in [0, 0.1) is 0 Å². The first kappa shape index (κ1) is 13.4. The summed E-state index contributed by atoms with van der Waals surface area (Å²) in [6.07, 6.45) is 3.74. The van der Waals surface area contributed by atoms with Gasteiger partial charge in [-0.25, -0.2) is 4.98 Å². The summed E-state index contributed by atoms with van der Waals surface area (Å²) in [7, 11) is 0. The van der Waals surface area contributed by atoms with Crippen molar-refractivity contribution in [1.82, 2.24) is 14.7 Å². The van der Waals surface area contributed by atoms with Crippen molar-refractivity contribution < 1.29 is 5.11 Å². The summed E-state index contributed by atoms with van der Waals surface area (Å²) >= 11 is 0. The van der Waals surface area contributed by atoms with Crippen molar-refractivity contribution in [2.75, 3.05) is 24.5 Å². The number of aromatic nitrogens is 2. The van der Waals surface area contributed by atoms with Crippen molar-refractivity contribution in [2.45, 2.75) is 32.4 Å². The van der Waals surface area contributed by atoms with E-state index in [-0.39, 0.29) is 6.10 Å². The molecule has 1 aliphatic rings. The van der Waals surface area contributed by atoms with Crippen LogP contribution in [0.5, 0.6) is 0 Å². The molecule has 1 aliphatic heterocycles. The molecule has 0 radical (unpaired) electrons. The molecule has 1 fully saturated rings. The Morgan fingerprint density at radius 2 is 2.35 bits per heavy atom. The second-order valence-electron chi connectivity index (χ2n) is 5.33. The molecular formula is C15H22N4O. The predicted molar refractivity (Wildman–Crippen MR) is 80.0 cm³/mol. The van der Waals surface area contributed by atoms with Gasteiger partial charge in [0.05, 0.1) is 11.8 Å². The van der Waals surface area contributed by atoms with Gasteiger partial charge in [0, 0.05) is 25.8 Å². The van der Waals surface area contributed by atoms with Gasteiger partial charge in [0.1, 0.15) is 5.65 Å². The van der Waals surface area contributed by atoms with Crippen LogP contribution in [0.1, 0.15) is 25.5 Å².